The first kappa shape index (κ1) is 10.8. The molecule has 0 amide bonds. The lowest BCUT2D eigenvalue weighted by atomic mass is 10.0. The highest BCUT2D eigenvalue weighted by atomic mass is 14.9. The van der Waals surface area contributed by atoms with E-state index in [1.165, 1.54) is 25.7 Å². The first-order chi connectivity index (χ1) is 6.26. The summed E-state index contributed by atoms with van der Waals surface area (Å²) in [5, 5.41) is 3.57. The molecule has 1 rings (SSSR count). The van der Waals surface area contributed by atoms with Crippen LogP contribution >= 0.6 is 0 Å². The second-order valence-electron chi connectivity index (χ2n) is 4.22. The fourth-order valence-corrected chi connectivity index (χ4v) is 1.38. The molecule has 1 saturated carbocycles. The van der Waals surface area contributed by atoms with E-state index in [1.807, 2.05) is 0 Å². The molecule has 1 nitrogen and oxygen atoms in total. The summed E-state index contributed by atoms with van der Waals surface area (Å²) in [6.07, 6.45) is 7.67. The number of rotatable bonds is 6. The zero-order valence-electron chi connectivity index (χ0n) is 9.27. The van der Waals surface area contributed by atoms with Gasteiger partial charge >= 0.3 is 0 Å². The van der Waals surface area contributed by atoms with Gasteiger partial charge in [-0.1, -0.05) is 38.8 Å². The Morgan fingerprint density at radius 3 is 2.62 bits per heavy atom. The van der Waals surface area contributed by atoms with Gasteiger partial charge in [0.05, 0.1) is 0 Å². The van der Waals surface area contributed by atoms with Crippen LogP contribution in [-0.2, 0) is 0 Å². The maximum atomic E-state index is 3.57. The lowest BCUT2D eigenvalue weighted by Gasteiger charge is -2.09. The summed E-state index contributed by atoms with van der Waals surface area (Å²) in [5.74, 6) is 0.746. The lowest BCUT2D eigenvalue weighted by Crippen LogP contribution is -2.19. The topological polar surface area (TPSA) is 12.0 Å². The zero-order valence-corrected chi connectivity index (χ0v) is 9.27. The molecule has 0 spiro atoms. The third-order valence-electron chi connectivity index (χ3n) is 2.81. The van der Waals surface area contributed by atoms with Gasteiger partial charge in [0.1, 0.15) is 0 Å². The van der Waals surface area contributed by atoms with Crippen molar-refractivity contribution < 1.29 is 0 Å². The summed E-state index contributed by atoms with van der Waals surface area (Å²) in [6.45, 7) is 7.92. The summed E-state index contributed by atoms with van der Waals surface area (Å²) >= 11 is 0. The Morgan fingerprint density at radius 2 is 2.15 bits per heavy atom. The van der Waals surface area contributed by atoms with Crippen LogP contribution in [0.25, 0.3) is 0 Å². The molecule has 1 heteroatoms. The Balaban J connectivity index is 2.26. The Bertz CT molecular complexity index is 168. The summed E-state index contributed by atoms with van der Waals surface area (Å²) < 4.78 is 0. The van der Waals surface area contributed by atoms with Crippen molar-refractivity contribution >= 4 is 0 Å². The van der Waals surface area contributed by atoms with Crippen molar-refractivity contribution in [2.45, 2.75) is 52.5 Å². The molecule has 0 aromatic carbocycles. The van der Waals surface area contributed by atoms with Crippen LogP contribution in [0.15, 0.2) is 11.6 Å². The van der Waals surface area contributed by atoms with Crippen LogP contribution in [0.5, 0.6) is 0 Å². The quantitative estimate of drug-likeness (QED) is 0.621. The van der Waals surface area contributed by atoms with Gasteiger partial charge < -0.3 is 5.32 Å². The van der Waals surface area contributed by atoms with Crippen LogP contribution in [0.4, 0.5) is 0 Å². The Kier molecular flexibility index (Phi) is 4.51. The van der Waals surface area contributed by atoms with E-state index in [1.54, 1.807) is 5.57 Å². The molecule has 0 heterocycles. The van der Waals surface area contributed by atoms with Gasteiger partial charge in [-0.3, -0.25) is 0 Å². The van der Waals surface area contributed by atoms with Gasteiger partial charge in [0.2, 0.25) is 0 Å². The number of nitrogens with one attached hydrogen (secondary N) is 1. The van der Waals surface area contributed by atoms with E-state index in [9.17, 15) is 0 Å². The molecule has 0 aliphatic heterocycles. The van der Waals surface area contributed by atoms with Crippen LogP contribution in [0, 0.1) is 5.92 Å². The van der Waals surface area contributed by atoms with E-state index in [2.05, 4.69) is 32.2 Å². The molecule has 1 fully saturated rings. The molecule has 1 unspecified atom stereocenters. The van der Waals surface area contributed by atoms with Crippen molar-refractivity contribution in [2.75, 3.05) is 6.54 Å². The third-order valence-corrected chi connectivity index (χ3v) is 2.81. The molecule has 0 aromatic heterocycles. The predicted molar refractivity (Wildman–Crippen MR) is 58.9 cm³/mol. The molecular weight excluding hydrogens is 158 g/mol. The van der Waals surface area contributed by atoms with Crippen molar-refractivity contribution in [1.82, 2.24) is 5.32 Å². The van der Waals surface area contributed by atoms with Gasteiger partial charge in [-0.15, -0.1) is 0 Å². The molecule has 13 heavy (non-hydrogen) atoms. The zero-order chi connectivity index (χ0) is 9.68. The van der Waals surface area contributed by atoms with Crippen LogP contribution in [0.2, 0.25) is 0 Å². The Labute approximate surface area is 82.6 Å². The van der Waals surface area contributed by atoms with E-state index < -0.39 is 0 Å². The minimum absolute atomic E-state index is 0.746. The highest BCUT2D eigenvalue weighted by Crippen LogP contribution is 2.19. The third kappa shape index (κ3) is 4.47. The average Bonchev–Trinajstić information content (AvgIpc) is 2.95. The highest BCUT2D eigenvalue weighted by Gasteiger charge is 2.19. The van der Waals surface area contributed by atoms with E-state index in [0.29, 0.717) is 0 Å². The van der Waals surface area contributed by atoms with E-state index in [-0.39, 0.29) is 0 Å². The smallest absolute Gasteiger partial charge is 0.0167 e. The second kappa shape index (κ2) is 5.43. The first-order valence-electron chi connectivity index (χ1n) is 5.69. The van der Waals surface area contributed by atoms with Gasteiger partial charge in [-0.05, 0) is 25.2 Å². The summed E-state index contributed by atoms with van der Waals surface area (Å²) in [4.78, 5) is 0. The normalized spacial score (nSPS) is 20.4. The molecule has 0 bridgehead atoms. The van der Waals surface area contributed by atoms with Gasteiger partial charge in [0.25, 0.3) is 0 Å². The molecule has 0 radical (unpaired) electrons. The van der Waals surface area contributed by atoms with Gasteiger partial charge in [0, 0.05) is 12.6 Å². The molecule has 1 aliphatic rings. The van der Waals surface area contributed by atoms with Gasteiger partial charge in [0.15, 0.2) is 0 Å². The minimum atomic E-state index is 0.746. The maximum Gasteiger partial charge on any atom is 0.0167 e. The largest absolute Gasteiger partial charge is 0.310 e. The van der Waals surface area contributed by atoms with Crippen molar-refractivity contribution in [3.8, 4) is 0 Å². The van der Waals surface area contributed by atoms with Crippen LogP contribution in [0.1, 0.15) is 46.5 Å². The predicted octanol–water partition coefficient (Wildman–Crippen LogP) is 3.12. The lowest BCUT2D eigenvalue weighted by molar-refractivity contribution is 0.667. The second-order valence-corrected chi connectivity index (χ2v) is 4.22. The molecule has 1 N–H and O–H groups in total. The fraction of sp³-hybridized carbons (Fsp3) is 0.833. The minimum Gasteiger partial charge on any atom is -0.310 e. The monoisotopic (exact) mass is 181 g/mol. The van der Waals surface area contributed by atoms with Crippen molar-refractivity contribution in [3.05, 3.63) is 11.6 Å². The maximum absolute atomic E-state index is 3.57. The first-order valence-corrected chi connectivity index (χ1v) is 5.69. The molecule has 1 aliphatic carbocycles. The molecule has 0 saturated heterocycles. The molecule has 76 valence electrons. The van der Waals surface area contributed by atoms with E-state index >= 15 is 0 Å². The average molecular weight is 181 g/mol. The van der Waals surface area contributed by atoms with Gasteiger partial charge in [-0.2, -0.15) is 0 Å². The number of hydrogen-bond donors (Lipinski definition) is 1. The fourth-order valence-electron chi connectivity index (χ4n) is 1.38. The highest BCUT2D eigenvalue weighted by molar-refractivity contribution is 5.06. The van der Waals surface area contributed by atoms with E-state index in [4.69, 9.17) is 0 Å². The summed E-state index contributed by atoms with van der Waals surface area (Å²) in [7, 11) is 0. The van der Waals surface area contributed by atoms with Crippen LogP contribution in [-0.4, -0.2) is 12.6 Å². The molecular formula is C12H23N. The van der Waals surface area contributed by atoms with Gasteiger partial charge in [-0.25, -0.2) is 0 Å². The van der Waals surface area contributed by atoms with Crippen LogP contribution in [0.3, 0.4) is 0 Å². The Morgan fingerprint density at radius 1 is 1.46 bits per heavy atom. The van der Waals surface area contributed by atoms with E-state index in [0.717, 1.165) is 18.5 Å². The van der Waals surface area contributed by atoms with Crippen LogP contribution < -0.4 is 5.32 Å². The SMILES string of the molecule is CCC(=CC(C)CC)CNC1CC1. The summed E-state index contributed by atoms with van der Waals surface area (Å²) in [6, 6.07) is 0.840. The van der Waals surface area contributed by atoms with Crippen molar-refractivity contribution in [1.29, 1.82) is 0 Å². The molecule has 1 atom stereocenters. The standard InChI is InChI=1S/C12H23N/c1-4-10(3)8-11(5-2)9-13-12-6-7-12/h8,10,12-13H,4-7,9H2,1-3H3. The number of hydrogen-bond acceptors (Lipinski definition) is 1. The Hall–Kier alpha value is -0.300. The van der Waals surface area contributed by atoms with Crippen molar-refractivity contribution in [3.63, 3.8) is 0 Å². The number of allylic oxidation sites excluding steroid dienone is 1. The van der Waals surface area contributed by atoms with Crippen molar-refractivity contribution in [2.24, 2.45) is 5.92 Å². The molecule has 0 aromatic rings. The summed E-state index contributed by atoms with van der Waals surface area (Å²) in [5.41, 5.74) is 1.58.